The average molecular weight is 160 g/mol. The van der Waals surface area contributed by atoms with Crippen molar-refractivity contribution in [2.24, 2.45) is 0 Å². The van der Waals surface area contributed by atoms with Crippen LogP contribution in [0.1, 0.15) is 34.1 Å². The third-order valence-corrected chi connectivity index (χ3v) is 2.42. The van der Waals surface area contributed by atoms with E-state index in [9.17, 15) is 4.79 Å². The molecule has 0 aromatic carbocycles. The van der Waals surface area contributed by atoms with Crippen molar-refractivity contribution >= 4 is 17.5 Å². The molecule has 0 unspecified atom stereocenters. The van der Waals surface area contributed by atoms with E-state index >= 15 is 0 Å². The van der Waals surface area contributed by atoms with Gasteiger partial charge in [-0.1, -0.05) is 20.8 Å². The van der Waals surface area contributed by atoms with E-state index < -0.39 is 0 Å². The lowest BCUT2D eigenvalue weighted by Gasteiger charge is -2.21. The molecular weight excluding hydrogens is 144 g/mol. The fourth-order valence-electron chi connectivity index (χ4n) is 1.04. The van der Waals surface area contributed by atoms with Gasteiger partial charge in [-0.2, -0.15) is 11.8 Å². The Kier molecular flexibility index (Phi) is 4.02. The number of carbonyl (C=O) groups excluding carboxylic acids is 1. The number of hydrogen-bond donors (Lipinski definition) is 0. The molecule has 0 rings (SSSR count). The molecule has 0 aromatic heterocycles. The predicted octanol–water partition coefficient (Wildman–Crippen LogP) is 2.50. The summed E-state index contributed by atoms with van der Waals surface area (Å²) in [5.74, 6) is 1.37. The van der Waals surface area contributed by atoms with Crippen LogP contribution in [0.5, 0.6) is 0 Å². The van der Waals surface area contributed by atoms with Gasteiger partial charge < -0.3 is 0 Å². The van der Waals surface area contributed by atoms with Gasteiger partial charge in [0.05, 0.1) is 0 Å². The lowest BCUT2D eigenvalue weighted by Crippen LogP contribution is -2.18. The Morgan fingerprint density at radius 2 is 2.00 bits per heavy atom. The molecular formula is C8H16OS. The van der Waals surface area contributed by atoms with Gasteiger partial charge in [0, 0.05) is 11.2 Å². The van der Waals surface area contributed by atoms with Crippen LogP contribution >= 0.6 is 11.8 Å². The molecule has 10 heavy (non-hydrogen) atoms. The molecule has 0 heterocycles. The zero-order chi connectivity index (χ0) is 8.20. The lowest BCUT2D eigenvalue weighted by molar-refractivity contribution is -0.117. The third kappa shape index (κ3) is 4.86. The van der Waals surface area contributed by atoms with E-state index in [-0.39, 0.29) is 10.5 Å². The monoisotopic (exact) mass is 160 g/mol. The van der Waals surface area contributed by atoms with Gasteiger partial charge in [0.15, 0.2) is 0 Å². The van der Waals surface area contributed by atoms with Gasteiger partial charge in [-0.25, -0.2) is 0 Å². The minimum Gasteiger partial charge on any atom is -0.300 e. The van der Waals surface area contributed by atoms with Crippen LogP contribution < -0.4 is 0 Å². The topological polar surface area (TPSA) is 17.1 Å². The first-order valence-corrected chi connectivity index (χ1v) is 4.60. The fraction of sp³-hybridized carbons (Fsp3) is 0.875. The van der Waals surface area contributed by atoms with Crippen LogP contribution in [-0.2, 0) is 4.79 Å². The molecule has 2 heteroatoms. The maximum Gasteiger partial charge on any atom is 0.131 e. The zero-order valence-corrected chi connectivity index (χ0v) is 8.05. The SMILES string of the molecule is CCSC(C)(C)CC(C)=O. The average Bonchev–Trinajstić information content (AvgIpc) is 1.59. The highest BCUT2D eigenvalue weighted by atomic mass is 32.2. The number of carbonyl (C=O) groups is 1. The van der Waals surface area contributed by atoms with Crippen molar-refractivity contribution in [3.63, 3.8) is 0 Å². The highest BCUT2D eigenvalue weighted by Crippen LogP contribution is 2.27. The van der Waals surface area contributed by atoms with Crippen molar-refractivity contribution in [1.82, 2.24) is 0 Å². The number of thioether (sulfide) groups is 1. The van der Waals surface area contributed by atoms with Crippen LogP contribution in [0.25, 0.3) is 0 Å². The molecule has 0 amide bonds. The van der Waals surface area contributed by atoms with E-state index in [4.69, 9.17) is 0 Å². The fourth-order valence-corrected chi connectivity index (χ4v) is 2.13. The molecule has 0 bridgehead atoms. The van der Waals surface area contributed by atoms with E-state index in [1.807, 2.05) is 11.8 Å². The Bertz CT molecular complexity index is 118. The van der Waals surface area contributed by atoms with Crippen molar-refractivity contribution in [2.45, 2.75) is 38.9 Å². The van der Waals surface area contributed by atoms with E-state index in [1.165, 1.54) is 0 Å². The van der Waals surface area contributed by atoms with Gasteiger partial charge in [0.1, 0.15) is 5.78 Å². The summed E-state index contributed by atoms with van der Waals surface area (Å²) in [6.45, 7) is 8.00. The molecule has 1 nitrogen and oxygen atoms in total. The number of Topliss-reactive ketones (excluding diaryl/α,β-unsaturated/α-hetero) is 1. The summed E-state index contributed by atoms with van der Waals surface area (Å²) in [5, 5.41) is 0. The summed E-state index contributed by atoms with van der Waals surface area (Å²) in [6, 6.07) is 0. The van der Waals surface area contributed by atoms with Crippen LogP contribution in [0.15, 0.2) is 0 Å². The maximum atomic E-state index is 10.7. The highest BCUT2D eigenvalue weighted by molar-refractivity contribution is 8.00. The summed E-state index contributed by atoms with van der Waals surface area (Å²) < 4.78 is 0.139. The first kappa shape index (κ1) is 10.0. The van der Waals surface area contributed by atoms with Crippen LogP contribution in [0, 0.1) is 0 Å². The van der Waals surface area contributed by atoms with Gasteiger partial charge in [-0.3, -0.25) is 4.79 Å². The quantitative estimate of drug-likeness (QED) is 0.628. The molecule has 0 aromatic rings. The molecule has 0 saturated carbocycles. The molecule has 60 valence electrons. The zero-order valence-electron chi connectivity index (χ0n) is 7.23. The van der Waals surface area contributed by atoms with Gasteiger partial charge in [0.2, 0.25) is 0 Å². The molecule has 0 aliphatic heterocycles. The van der Waals surface area contributed by atoms with E-state index in [1.54, 1.807) is 6.92 Å². The normalized spacial score (nSPS) is 11.6. The summed E-state index contributed by atoms with van der Waals surface area (Å²) in [6.07, 6.45) is 0.686. The molecule has 0 radical (unpaired) electrons. The minimum absolute atomic E-state index is 0.139. The molecule has 0 aliphatic rings. The summed E-state index contributed by atoms with van der Waals surface area (Å²) in [4.78, 5) is 10.7. The second-order valence-corrected chi connectivity index (χ2v) is 5.04. The standard InChI is InChI=1S/C8H16OS/c1-5-10-8(3,4)6-7(2)9/h5-6H2,1-4H3. The second-order valence-electron chi connectivity index (χ2n) is 3.07. The number of ketones is 1. The Morgan fingerprint density at radius 1 is 1.50 bits per heavy atom. The molecule has 0 fully saturated rings. The highest BCUT2D eigenvalue weighted by Gasteiger charge is 2.18. The van der Waals surface area contributed by atoms with Crippen molar-refractivity contribution in [3.8, 4) is 0 Å². The summed E-state index contributed by atoms with van der Waals surface area (Å²) >= 11 is 1.84. The van der Waals surface area contributed by atoms with E-state index in [2.05, 4.69) is 20.8 Å². The Balaban J connectivity index is 3.74. The Morgan fingerprint density at radius 3 is 2.30 bits per heavy atom. The van der Waals surface area contributed by atoms with Crippen molar-refractivity contribution in [1.29, 1.82) is 0 Å². The summed E-state index contributed by atoms with van der Waals surface area (Å²) in [5.41, 5.74) is 0. The van der Waals surface area contributed by atoms with Gasteiger partial charge in [-0.05, 0) is 12.7 Å². The van der Waals surface area contributed by atoms with Gasteiger partial charge in [0.25, 0.3) is 0 Å². The first-order valence-electron chi connectivity index (χ1n) is 3.61. The Labute approximate surface area is 67.6 Å². The molecule has 0 saturated heterocycles. The number of rotatable bonds is 4. The van der Waals surface area contributed by atoms with Crippen LogP contribution in [-0.4, -0.2) is 16.3 Å². The number of hydrogen-bond acceptors (Lipinski definition) is 2. The second kappa shape index (κ2) is 4.02. The lowest BCUT2D eigenvalue weighted by atomic mass is 10.1. The van der Waals surface area contributed by atoms with Crippen molar-refractivity contribution < 1.29 is 4.79 Å². The first-order chi connectivity index (χ1) is 4.48. The minimum atomic E-state index is 0.139. The Hall–Kier alpha value is 0.0200. The van der Waals surface area contributed by atoms with Crippen molar-refractivity contribution in [2.75, 3.05) is 5.75 Å². The molecule has 0 N–H and O–H groups in total. The molecule has 0 aliphatic carbocycles. The van der Waals surface area contributed by atoms with Crippen molar-refractivity contribution in [3.05, 3.63) is 0 Å². The largest absolute Gasteiger partial charge is 0.300 e. The van der Waals surface area contributed by atoms with Gasteiger partial charge in [-0.15, -0.1) is 0 Å². The summed E-state index contributed by atoms with van der Waals surface area (Å²) in [7, 11) is 0. The van der Waals surface area contributed by atoms with E-state index in [0.717, 1.165) is 5.75 Å². The third-order valence-electron chi connectivity index (χ3n) is 1.21. The molecule has 0 spiro atoms. The van der Waals surface area contributed by atoms with Crippen LogP contribution in [0.4, 0.5) is 0 Å². The predicted molar refractivity (Wildman–Crippen MR) is 47.5 cm³/mol. The van der Waals surface area contributed by atoms with E-state index in [0.29, 0.717) is 6.42 Å². The molecule has 0 atom stereocenters. The smallest absolute Gasteiger partial charge is 0.131 e. The van der Waals surface area contributed by atoms with Crippen LogP contribution in [0.2, 0.25) is 0 Å². The maximum absolute atomic E-state index is 10.7. The van der Waals surface area contributed by atoms with Crippen LogP contribution in [0.3, 0.4) is 0 Å². The van der Waals surface area contributed by atoms with Gasteiger partial charge >= 0.3 is 0 Å².